The zero-order valence-corrected chi connectivity index (χ0v) is 17.9. The van der Waals surface area contributed by atoms with Gasteiger partial charge in [0.25, 0.3) is 0 Å². The number of hydrogen-bond donors (Lipinski definition) is 3. The summed E-state index contributed by atoms with van der Waals surface area (Å²) in [5.41, 5.74) is 8.06. The van der Waals surface area contributed by atoms with Crippen molar-refractivity contribution in [3.05, 3.63) is 35.1 Å². The lowest BCUT2D eigenvalue weighted by molar-refractivity contribution is 0.350. The van der Waals surface area contributed by atoms with Gasteiger partial charge >= 0.3 is 0 Å². The number of fused-ring (bicyclic) bond motifs is 1. The molecule has 152 valence electrons. The maximum absolute atomic E-state index is 8.93. The van der Waals surface area contributed by atoms with Gasteiger partial charge in [0.15, 0.2) is 22.1 Å². The van der Waals surface area contributed by atoms with Crippen LogP contribution >= 0.6 is 23.4 Å². The summed E-state index contributed by atoms with van der Waals surface area (Å²) < 4.78 is 2.06. The number of hydrogen-bond acceptors (Lipinski definition) is 7. The molecule has 3 aromatic rings. The lowest BCUT2D eigenvalue weighted by atomic mass is 10.2. The summed E-state index contributed by atoms with van der Waals surface area (Å²) in [6, 6.07) is 5.97. The van der Waals surface area contributed by atoms with E-state index in [0.717, 1.165) is 35.1 Å². The van der Waals surface area contributed by atoms with E-state index in [1.54, 1.807) is 6.07 Å². The Kier molecular flexibility index (Phi) is 7.34. The van der Waals surface area contributed by atoms with Crippen LogP contribution in [0.3, 0.4) is 0 Å². The van der Waals surface area contributed by atoms with E-state index in [1.165, 1.54) is 18.1 Å². The fourth-order valence-corrected chi connectivity index (χ4v) is 4.09. The van der Waals surface area contributed by atoms with Crippen molar-refractivity contribution in [1.82, 2.24) is 24.8 Å². The van der Waals surface area contributed by atoms with Crippen molar-refractivity contribution >= 4 is 40.3 Å². The maximum atomic E-state index is 8.93. The molecule has 4 N–H and O–H groups in total. The Balaban J connectivity index is 1.93. The molecule has 3 rings (SSSR count). The Hall–Kier alpha value is -2.31. The van der Waals surface area contributed by atoms with Gasteiger partial charge in [-0.1, -0.05) is 49.1 Å². The molecule has 0 aliphatic rings. The number of nitrogens with one attached hydrogen (secondary N) is 1. The van der Waals surface area contributed by atoms with E-state index in [1.807, 2.05) is 12.1 Å². The number of anilines is 1. The van der Waals surface area contributed by atoms with Crippen molar-refractivity contribution in [2.24, 2.45) is 0 Å². The van der Waals surface area contributed by atoms with Crippen LogP contribution in [0.25, 0.3) is 11.2 Å². The predicted molar refractivity (Wildman–Crippen MR) is 117 cm³/mol. The zero-order chi connectivity index (χ0) is 20.8. The van der Waals surface area contributed by atoms with Gasteiger partial charge in [0.2, 0.25) is 0 Å². The molecule has 0 saturated heterocycles. The Morgan fingerprint density at radius 2 is 2.14 bits per heavy atom. The van der Waals surface area contributed by atoms with Crippen LogP contribution in [0.1, 0.15) is 25.8 Å². The highest BCUT2D eigenvalue weighted by Gasteiger charge is 2.16. The molecule has 0 unspecified atom stereocenters. The molecule has 0 aliphatic heterocycles. The van der Waals surface area contributed by atoms with Crippen molar-refractivity contribution in [3.8, 4) is 11.8 Å². The van der Waals surface area contributed by atoms with Crippen LogP contribution < -0.4 is 11.1 Å². The van der Waals surface area contributed by atoms with Gasteiger partial charge in [-0.05, 0) is 31.2 Å². The molecule has 2 aromatic heterocycles. The summed E-state index contributed by atoms with van der Waals surface area (Å²) in [5.74, 6) is 5.89. The summed E-state index contributed by atoms with van der Waals surface area (Å²) in [7, 11) is 0. The fraction of sp³-hybridized carbons (Fsp3) is 0.350. The van der Waals surface area contributed by atoms with Gasteiger partial charge in [-0.15, -0.1) is 0 Å². The second kappa shape index (κ2) is 9.94. The average Bonchev–Trinajstić information content (AvgIpc) is 3.01. The number of aliphatic hydroxyl groups is 1. The summed E-state index contributed by atoms with van der Waals surface area (Å²) in [6.45, 7) is 5.68. The van der Waals surface area contributed by atoms with E-state index in [-0.39, 0.29) is 6.61 Å². The summed E-state index contributed by atoms with van der Waals surface area (Å²) >= 11 is 7.72. The SMILES string of the molecule is CC(C)NCCCn1c(Sc2cc(Cl)cc(C#CCO)c2)nc2c(N)ncnc21. The number of imidazole rings is 1. The van der Waals surface area contributed by atoms with E-state index in [2.05, 4.69) is 50.5 Å². The summed E-state index contributed by atoms with van der Waals surface area (Å²) in [6.07, 6.45) is 2.38. The number of nitrogens with two attached hydrogens (primary N) is 1. The summed E-state index contributed by atoms with van der Waals surface area (Å²) in [5, 5.41) is 13.7. The fourth-order valence-electron chi connectivity index (χ4n) is 2.78. The predicted octanol–water partition coefficient (Wildman–Crippen LogP) is 2.95. The molecular formula is C20H23ClN6OS. The Morgan fingerprint density at radius 3 is 2.90 bits per heavy atom. The van der Waals surface area contributed by atoms with Gasteiger partial charge in [-0.25, -0.2) is 15.0 Å². The third-order valence-electron chi connectivity index (χ3n) is 4.03. The molecule has 29 heavy (non-hydrogen) atoms. The molecule has 0 bridgehead atoms. The van der Waals surface area contributed by atoms with Crippen LogP contribution in [-0.4, -0.2) is 43.8 Å². The molecule has 7 nitrogen and oxygen atoms in total. The molecule has 9 heteroatoms. The molecule has 0 fully saturated rings. The van der Waals surface area contributed by atoms with Crippen molar-refractivity contribution in [2.45, 2.75) is 42.9 Å². The molecule has 0 spiro atoms. The van der Waals surface area contributed by atoms with Crippen molar-refractivity contribution < 1.29 is 5.11 Å². The molecule has 0 aliphatic carbocycles. The quantitative estimate of drug-likeness (QED) is 0.391. The first-order chi connectivity index (χ1) is 14.0. The van der Waals surface area contributed by atoms with Crippen molar-refractivity contribution in [3.63, 3.8) is 0 Å². The number of aromatic nitrogens is 4. The van der Waals surface area contributed by atoms with Crippen LogP contribution in [0.5, 0.6) is 0 Å². The van der Waals surface area contributed by atoms with Crippen molar-refractivity contribution in [1.29, 1.82) is 0 Å². The van der Waals surface area contributed by atoms with Gasteiger partial charge in [0, 0.05) is 28.1 Å². The van der Waals surface area contributed by atoms with E-state index in [9.17, 15) is 0 Å². The Labute approximate surface area is 179 Å². The van der Waals surface area contributed by atoms with Gasteiger partial charge < -0.3 is 20.7 Å². The highest BCUT2D eigenvalue weighted by atomic mass is 35.5. The molecule has 0 radical (unpaired) electrons. The van der Waals surface area contributed by atoms with Crippen LogP contribution in [0, 0.1) is 11.8 Å². The molecule has 1 aromatic carbocycles. The molecular weight excluding hydrogens is 408 g/mol. The highest BCUT2D eigenvalue weighted by molar-refractivity contribution is 7.99. The minimum atomic E-state index is -0.201. The number of nitrogens with zero attached hydrogens (tertiary/aromatic N) is 4. The monoisotopic (exact) mass is 430 g/mol. The topological polar surface area (TPSA) is 102 Å². The molecule has 0 saturated carbocycles. The van der Waals surface area contributed by atoms with E-state index in [4.69, 9.17) is 22.4 Å². The largest absolute Gasteiger partial charge is 0.384 e. The number of aliphatic hydroxyl groups excluding tert-OH is 1. The third kappa shape index (κ3) is 5.61. The summed E-state index contributed by atoms with van der Waals surface area (Å²) in [4.78, 5) is 14.0. The lowest BCUT2D eigenvalue weighted by Crippen LogP contribution is -2.24. The normalized spacial score (nSPS) is 11.1. The van der Waals surface area contributed by atoms with Crippen molar-refractivity contribution in [2.75, 3.05) is 18.9 Å². The van der Waals surface area contributed by atoms with Gasteiger partial charge in [0.1, 0.15) is 12.9 Å². The minimum absolute atomic E-state index is 0.201. The first-order valence-corrected chi connectivity index (χ1v) is 10.5. The second-order valence-corrected chi connectivity index (χ2v) is 8.15. The highest BCUT2D eigenvalue weighted by Crippen LogP contribution is 2.33. The first kappa shape index (κ1) is 21.4. The van der Waals surface area contributed by atoms with E-state index < -0.39 is 0 Å². The van der Waals surface area contributed by atoms with Gasteiger partial charge in [-0.2, -0.15) is 0 Å². The van der Waals surface area contributed by atoms with Gasteiger partial charge in [0.05, 0.1) is 0 Å². The standard InChI is InChI=1S/C20H23ClN6OS/c1-13(2)23-6-4-7-27-19-17(18(22)24-12-25-19)26-20(27)29-16-10-14(5-3-8-28)9-15(21)11-16/h9-13,23,28H,4,6-8H2,1-2H3,(H2,22,24,25). The molecule has 0 atom stereocenters. The van der Waals surface area contributed by atoms with Crippen LogP contribution in [-0.2, 0) is 6.54 Å². The number of nitrogen functional groups attached to an aromatic ring is 1. The smallest absolute Gasteiger partial charge is 0.175 e. The number of aryl methyl sites for hydroxylation is 1. The second-order valence-electron chi connectivity index (χ2n) is 6.68. The van der Waals surface area contributed by atoms with Crippen LogP contribution in [0.15, 0.2) is 34.6 Å². The Morgan fingerprint density at radius 1 is 1.31 bits per heavy atom. The number of halogens is 1. The van der Waals surface area contributed by atoms with E-state index >= 15 is 0 Å². The Bertz CT molecular complexity index is 1060. The third-order valence-corrected chi connectivity index (χ3v) is 5.21. The number of benzene rings is 1. The van der Waals surface area contributed by atoms with E-state index in [0.29, 0.717) is 28.0 Å². The maximum Gasteiger partial charge on any atom is 0.175 e. The van der Waals surface area contributed by atoms with Gasteiger partial charge in [-0.3, -0.25) is 0 Å². The minimum Gasteiger partial charge on any atom is -0.384 e. The molecule has 0 amide bonds. The van der Waals surface area contributed by atoms with Crippen LogP contribution in [0.2, 0.25) is 5.02 Å². The van der Waals surface area contributed by atoms with Crippen LogP contribution in [0.4, 0.5) is 5.82 Å². The lowest BCUT2D eigenvalue weighted by Gasteiger charge is -2.11. The first-order valence-electron chi connectivity index (χ1n) is 9.26. The molecule has 2 heterocycles. The zero-order valence-electron chi connectivity index (χ0n) is 16.3. The average molecular weight is 431 g/mol. The number of rotatable bonds is 7.